The van der Waals surface area contributed by atoms with Crippen LogP contribution in [0.1, 0.15) is 16.1 Å². The number of nitrogens with one attached hydrogen (secondary N) is 2. The maximum atomic E-state index is 13.3. The van der Waals surface area contributed by atoms with Gasteiger partial charge in [0.2, 0.25) is 11.8 Å². The largest absolute Gasteiger partial charge is 0.497 e. The van der Waals surface area contributed by atoms with Crippen LogP contribution >= 0.6 is 0 Å². The van der Waals surface area contributed by atoms with Crippen LogP contribution in [-0.2, 0) is 6.18 Å². The number of methoxy groups -OCH3 is 3. The Hall–Kier alpha value is -4.88. The summed E-state index contributed by atoms with van der Waals surface area (Å²) in [7, 11) is 5.79. The number of pyridine rings is 1. The standard InChI is InChI=1S/C24H22F3N7O4/c1-28-21(35)17-7-13(11-29-22(17)38-4)18-12-30-23(31-14-8-15(36-2)10-16(9-14)37-3)32-20(18)34-6-5-19(33-34)24(25,26)27/h5-12H,1-4H3,(H,28,35)(H,30,31,32). The zero-order chi connectivity index (χ0) is 27.4. The number of aromatic nitrogens is 5. The van der Waals surface area contributed by atoms with Crippen molar-refractivity contribution in [3.8, 4) is 34.3 Å². The molecule has 0 aliphatic rings. The Labute approximate surface area is 214 Å². The topological polar surface area (TPSA) is 125 Å². The molecule has 3 heterocycles. The van der Waals surface area contributed by atoms with Gasteiger partial charge in [-0.1, -0.05) is 0 Å². The molecule has 0 bridgehead atoms. The van der Waals surface area contributed by atoms with E-state index in [4.69, 9.17) is 14.2 Å². The summed E-state index contributed by atoms with van der Waals surface area (Å²) in [5.41, 5.74) is 0.118. The number of hydrogen-bond donors (Lipinski definition) is 2. The SMILES string of the molecule is CNC(=O)c1cc(-c2cnc(Nc3cc(OC)cc(OC)c3)nc2-n2ccc(C(F)(F)F)n2)cnc1OC. The lowest BCUT2D eigenvalue weighted by Crippen LogP contribution is -2.19. The first kappa shape index (κ1) is 26.2. The van der Waals surface area contributed by atoms with Crippen LogP contribution < -0.4 is 24.8 Å². The summed E-state index contributed by atoms with van der Waals surface area (Å²) in [6.45, 7) is 0. The summed E-state index contributed by atoms with van der Waals surface area (Å²) in [5.74, 6) is 0.647. The molecule has 4 rings (SSSR count). The third-order valence-electron chi connectivity index (χ3n) is 5.30. The summed E-state index contributed by atoms with van der Waals surface area (Å²) in [6.07, 6.45) is -0.760. The minimum Gasteiger partial charge on any atom is -0.497 e. The number of carbonyl (C=O) groups excluding carboxylic acids is 1. The average Bonchev–Trinajstić information content (AvgIpc) is 3.43. The maximum absolute atomic E-state index is 13.3. The molecule has 1 amide bonds. The van der Waals surface area contributed by atoms with Crippen LogP contribution in [0.5, 0.6) is 17.4 Å². The van der Waals surface area contributed by atoms with Crippen molar-refractivity contribution in [2.75, 3.05) is 33.7 Å². The normalized spacial score (nSPS) is 11.1. The molecule has 14 heteroatoms. The van der Waals surface area contributed by atoms with Crippen molar-refractivity contribution in [3.63, 3.8) is 0 Å². The van der Waals surface area contributed by atoms with E-state index in [0.717, 1.165) is 16.9 Å². The predicted octanol–water partition coefficient (Wildman–Crippen LogP) is 3.87. The number of benzene rings is 1. The fourth-order valence-corrected chi connectivity index (χ4v) is 3.47. The van der Waals surface area contributed by atoms with Crippen LogP contribution in [-0.4, -0.2) is 59.0 Å². The van der Waals surface area contributed by atoms with E-state index in [-0.39, 0.29) is 28.8 Å². The van der Waals surface area contributed by atoms with Gasteiger partial charge in [-0.15, -0.1) is 0 Å². The summed E-state index contributed by atoms with van der Waals surface area (Å²) < 4.78 is 56.6. The lowest BCUT2D eigenvalue weighted by Gasteiger charge is -2.14. The van der Waals surface area contributed by atoms with E-state index in [9.17, 15) is 18.0 Å². The summed E-state index contributed by atoms with van der Waals surface area (Å²) in [4.78, 5) is 25.3. The third-order valence-corrected chi connectivity index (χ3v) is 5.30. The second-order valence-corrected chi connectivity index (χ2v) is 7.66. The minimum absolute atomic E-state index is 0.00249. The van der Waals surface area contributed by atoms with Gasteiger partial charge < -0.3 is 24.8 Å². The number of anilines is 2. The molecule has 11 nitrogen and oxygen atoms in total. The molecule has 0 radical (unpaired) electrons. The number of nitrogens with zero attached hydrogens (tertiary/aromatic N) is 5. The first-order valence-electron chi connectivity index (χ1n) is 10.9. The highest BCUT2D eigenvalue weighted by Gasteiger charge is 2.34. The van der Waals surface area contributed by atoms with Crippen LogP contribution in [0.4, 0.5) is 24.8 Å². The van der Waals surface area contributed by atoms with Crippen molar-refractivity contribution in [2.24, 2.45) is 0 Å². The molecule has 0 spiro atoms. The fraction of sp³-hybridized carbons (Fsp3) is 0.208. The summed E-state index contributed by atoms with van der Waals surface area (Å²) >= 11 is 0. The molecule has 0 unspecified atom stereocenters. The summed E-state index contributed by atoms with van der Waals surface area (Å²) in [6, 6.07) is 7.30. The zero-order valence-corrected chi connectivity index (χ0v) is 20.6. The molecular formula is C24H22F3N7O4. The molecule has 1 aromatic carbocycles. The molecule has 0 aliphatic heterocycles. The fourth-order valence-electron chi connectivity index (χ4n) is 3.47. The molecular weight excluding hydrogens is 507 g/mol. The van der Waals surface area contributed by atoms with Gasteiger partial charge in [-0.3, -0.25) is 4.79 Å². The predicted molar refractivity (Wildman–Crippen MR) is 130 cm³/mol. The second-order valence-electron chi connectivity index (χ2n) is 7.66. The van der Waals surface area contributed by atoms with Gasteiger partial charge in [0.1, 0.15) is 17.1 Å². The Bertz CT molecular complexity index is 1450. The first-order chi connectivity index (χ1) is 18.2. The molecule has 0 aliphatic carbocycles. The lowest BCUT2D eigenvalue weighted by atomic mass is 10.1. The Morgan fingerprint density at radius 1 is 0.974 bits per heavy atom. The number of rotatable bonds is 8. The molecule has 3 aromatic heterocycles. The molecule has 0 saturated carbocycles. The smallest absolute Gasteiger partial charge is 0.435 e. The second kappa shape index (κ2) is 10.6. The van der Waals surface area contributed by atoms with Crippen molar-refractivity contribution < 1.29 is 32.2 Å². The number of alkyl halides is 3. The van der Waals surface area contributed by atoms with Crippen molar-refractivity contribution in [1.29, 1.82) is 0 Å². The van der Waals surface area contributed by atoms with Gasteiger partial charge in [0.25, 0.3) is 5.91 Å². The quantitative estimate of drug-likeness (QED) is 0.350. The highest BCUT2D eigenvalue weighted by atomic mass is 19.4. The van der Waals surface area contributed by atoms with Gasteiger partial charge in [-0.25, -0.2) is 14.6 Å². The highest BCUT2D eigenvalue weighted by Crippen LogP contribution is 2.32. The van der Waals surface area contributed by atoms with Gasteiger partial charge in [0.15, 0.2) is 11.5 Å². The zero-order valence-electron chi connectivity index (χ0n) is 20.6. The lowest BCUT2D eigenvalue weighted by molar-refractivity contribution is -0.141. The van der Waals surface area contributed by atoms with Gasteiger partial charge in [0.05, 0.1) is 21.3 Å². The molecule has 0 atom stereocenters. The summed E-state index contributed by atoms with van der Waals surface area (Å²) in [5, 5.41) is 9.14. The van der Waals surface area contributed by atoms with E-state index < -0.39 is 17.8 Å². The molecule has 0 fully saturated rings. The van der Waals surface area contributed by atoms with Gasteiger partial charge in [-0.05, 0) is 12.1 Å². The Kier molecular flexibility index (Phi) is 7.32. The van der Waals surface area contributed by atoms with Crippen molar-refractivity contribution >= 4 is 17.5 Å². The van der Waals surface area contributed by atoms with Crippen molar-refractivity contribution in [3.05, 3.63) is 60.2 Å². The number of halogens is 3. The Morgan fingerprint density at radius 2 is 1.68 bits per heavy atom. The molecule has 198 valence electrons. The maximum Gasteiger partial charge on any atom is 0.435 e. The Morgan fingerprint density at radius 3 is 2.26 bits per heavy atom. The number of carbonyl (C=O) groups is 1. The average molecular weight is 529 g/mol. The molecule has 0 saturated heterocycles. The van der Waals surface area contributed by atoms with Crippen LogP contribution in [0.2, 0.25) is 0 Å². The molecule has 2 N–H and O–H groups in total. The molecule has 4 aromatic rings. The van der Waals surface area contributed by atoms with E-state index in [0.29, 0.717) is 22.7 Å². The van der Waals surface area contributed by atoms with Crippen molar-refractivity contribution in [2.45, 2.75) is 6.18 Å². The molecule has 38 heavy (non-hydrogen) atoms. The Balaban J connectivity index is 1.85. The van der Waals surface area contributed by atoms with E-state index in [1.807, 2.05) is 0 Å². The van der Waals surface area contributed by atoms with Gasteiger partial charge >= 0.3 is 6.18 Å². The van der Waals surface area contributed by atoms with E-state index >= 15 is 0 Å². The van der Waals surface area contributed by atoms with Gasteiger partial charge in [-0.2, -0.15) is 23.3 Å². The monoisotopic (exact) mass is 529 g/mol. The van der Waals surface area contributed by atoms with Crippen LogP contribution in [0.3, 0.4) is 0 Å². The van der Waals surface area contributed by atoms with Crippen LogP contribution in [0, 0.1) is 0 Å². The van der Waals surface area contributed by atoms with Gasteiger partial charge in [0, 0.05) is 60.7 Å². The van der Waals surface area contributed by atoms with E-state index in [1.54, 1.807) is 18.2 Å². The van der Waals surface area contributed by atoms with Crippen LogP contribution in [0.15, 0.2) is 48.9 Å². The first-order valence-corrected chi connectivity index (χ1v) is 10.9. The number of hydrogen-bond acceptors (Lipinski definition) is 9. The van der Waals surface area contributed by atoms with E-state index in [1.165, 1.54) is 46.8 Å². The number of ether oxygens (including phenoxy) is 3. The van der Waals surface area contributed by atoms with Crippen molar-refractivity contribution in [1.82, 2.24) is 30.0 Å². The van der Waals surface area contributed by atoms with Crippen LogP contribution in [0.25, 0.3) is 16.9 Å². The number of amides is 1. The highest BCUT2D eigenvalue weighted by molar-refractivity contribution is 5.97. The van der Waals surface area contributed by atoms with E-state index in [2.05, 4.69) is 30.7 Å². The minimum atomic E-state index is -4.66. The third kappa shape index (κ3) is 5.43.